The van der Waals surface area contributed by atoms with E-state index in [0.29, 0.717) is 18.2 Å². The molecule has 0 spiro atoms. The van der Waals surface area contributed by atoms with Gasteiger partial charge in [-0.2, -0.15) is 4.98 Å². The van der Waals surface area contributed by atoms with E-state index in [2.05, 4.69) is 9.88 Å². The lowest BCUT2D eigenvalue weighted by atomic mass is 10.3. The van der Waals surface area contributed by atoms with Crippen molar-refractivity contribution in [1.82, 2.24) is 9.88 Å². The fraction of sp³-hybridized carbons (Fsp3) is 0.571. The number of carbonyl (C=O) groups is 1. The van der Waals surface area contributed by atoms with E-state index in [1.165, 1.54) is 0 Å². The summed E-state index contributed by atoms with van der Waals surface area (Å²) in [6.07, 6.45) is 2.04. The van der Waals surface area contributed by atoms with Gasteiger partial charge in [-0.05, 0) is 31.9 Å². The highest BCUT2D eigenvalue weighted by molar-refractivity contribution is 5.73. The lowest BCUT2D eigenvalue weighted by molar-refractivity contribution is -0.129. The lowest BCUT2D eigenvalue weighted by Gasteiger charge is -2.32. The molecule has 1 aliphatic heterocycles. The van der Waals surface area contributed by atoms with Gasteiger partial charge in [-0.1, -0.05) is 0 Å². The Morgan fingerprint density at radius 3 is 3.00 bits per heavy atom. The van der Waals surface area contributed by atoms with E-state index in [4.69, 9.17) is 10.5 Å². The van der Waals surface area contributed by atoms with E-state index in [1.54, 1.807) is 17.9 Å². The van der Waals surface area contributed by atoms with Gasteiger partial charge in [-0.15, -0.1) is 0 Å². The number of hydrogen-bond donors (Lipinski definition) is 1. The van der Waals surface area contributed by atoms with Gasteiger partial charge < -0.3 is 20.3 Å². The molecule has 0 aliphatic carbocycles. The summed E-state index contributed by atoms with van der Waals surface area (Å²) in [6.45, 7) is 4.89. The van der Waals surface area contributed by atoms with Gasteiger partial charge in [0.2, 0.25) is 11.8 Å². The third kappa shape index (κ3) is 2.79. The second-order valence-electron chi connectivity index (χ2n) is 4.94. The quantitative estimate of drug-likeness (QED) is 0.903. The van der Waals surface area contributed by atoms with Crippen molar-refractivity contribution in [2.75, 3.05) is 30.8 Å². The standard InChI is InChI=1S/C14H22N4O2/c1-4-20-14-11(15)7-8-12(16-14)18-9-5-6-13(18)17(3)10(2)19/h7-8,13H,4-6,9,15H2,1-3H3. The maximum absolute atomic E-state index is 11.6. The Bertz CT molecular complexity index is 492. The van der Waals surface area contributed by atoms with Crippen molar-refractivity contribution >= 4 is 17.4 Å². The molecule has 1 unspecified atom stereocenters. The van der Waals surface area contributed by atoms with Crippen LogP contribution in [0.25, 0.3) is 0 Å². The van der Waals surface area contributed by atoms with E-state index in [0.717, 1.165) is 25.2 Å². The molecule has 2 heterocycles. The van der Waals surface area contributed by atoms with Crippen LogP contribution in [0.4, 0.5) is 11.5 Å². The van der Waals surface area contributed by atoms with Crippen LogP contribution in [0.2, 0.25) is 0 Å². The van der Waals surface area contributed by atoms with Gasteiger partial charge in [0.05, 0.1) is 12.3 Å². The number of nitrogen functional groups attached to an aromatic ring is 1. The van der Waals surface area contributed by atoms with E-state index >= 15 is 0 Å². The molecule has 6 heteroatoms. The number of ether oxygens (including phenoxy) is 1. The first-order valence-electron chi connectivity index (χ1n) is 6.94. The van der Waals surface area contributed by atoms with Crippen molar-refractivity contribution in [2.45, 2.75) is 32.9 Å². The minimum absolute atomic E-state index is 0.0538. The summed E-state index contributed by atoms with van der Waals surface area (Å²) in [7, 11) is 1.83. The summed E-state index contributed by atoms with van der Waals surface area (Å²) in [5.41, 5.74) is 6.38. The highest BCUT2D eigenvalue weighted by atomic mass is 16.5. The minimum atomic E-state index is 0.0538. The van der Waals surface area contributed by atoms with E-state index in [1.807, 2.05) is 20.0 Å². The van der Waals surface area contributed by atoms with E-state index in [-0.39, 0.29) is 12.1 Å². The molecule has 1 atom stereocenters. The zero-order chi connectivity index (χ0) is 14.7. The van der Waals surface area contributed by atoms with Gasteiger partial charge >= 0.3 is 0 Å². The molecule has 1 fully saturated rings. The van der Waals surface area contributed by atoms with Gasteiger partial charge in [0.15, 0.2) is 0 Å². The van der Waals surface area contributed by atoms with Crippen LogP contribution < -0.4 is 15.4 Å². The third-order valence-electron chi connectivity index (χ3n) is 3.62. The molecule has 20 heavy (non-hydrogen) atoms. The topological polar surface area (TPSA) is 71.7 Å². The number of nitrogens with two attached hydrogens (primary N) is 1. The number of hydrogen-bond acceptors (Lipinski definition) is 5. The number of aromatic nitrogens is 1. The molecule has 0 saturated carbocycles. The Morgan fingerprint density at radius 2 is 2.35 bits per heavy atom. The smallest absolute Gasteiger partial charge is 0.239 e. The molecule has 2 N–H and O–H groups in total. The van der Waals surface area contributed by atoms with Crippen LogP contribution in [0, 0.1) is 0 Å². The first-order chi connectivity index (χ1) is 9.54. The monoisotopic (exact) mass is 278 g/mol. The van der Waals surface area contributed by atoms with Gasteiger partial charge in [0.1, 0.15) is 12.0 Å². The first-order valence-corrected chi connectivity index (χ1v) is 6.94. The van der Waals surface area contributed by atoms with Crippen LogP contribution in [0.3, 0.4) is 0 Å². The van der Waals surface area contributed by atoms with Crippen molar-refractivity contribution in [1.29, 1.82) is 0 Å². The molecule has 0 radical (unpaired) electrons. The van der Waals surface area contributed by atoms with Crippen LogP contribution in [-0.2, 0) is 4.79 Å². The molecule has 6 nitrogen and oxygen atoms in total. The highest BCUT2D eigenvalue weighted by Crippen LogP contribution is 2.29. The number of anilines is 2. The summed E-state index contributed by atoms with van der Waals surface area (Å²) >= 11 is 0. The second kappa shape index (κ2) is 5.98. The van der Waals surface area contributed by atoms with Crippen molar-refractivity contribution < 1.29 is 9.53 Å². The van der Waals surface area contributed by atoms with Crippen molar-refractivity contribution in [2.24, 2.45) is 0 Å². The van der Waals surface area contributed by atoms with Gasteiger partial charge in [0, 0.05) is 20.5 Å². The summed E-state index contributed by atoms with van der Waals surface area (Å²) in [5.74, 6) is 1.32. The highest BCUT2D eigenvalue weighted by Gasteiger charge is 2.30. The third-order valence-corrected chi connectivity index (χ3v) is 3.62. The molecular formula is C14H22N4O2. The van der Waals surface area contributed by atoms with E-state index in [9.17, 15) is 4.79 Å². The molecule has 110 valence electrons. The molecule has 0 bridgehead atoms. The first kappa shape index (κ1) is 14.4. The summed E-state index contributed by atoms with van der Waals surface area (Å²) < 4.78 is 5.44. The fourth-order valence-corrected chi connectivity index (χ4v) is 2.48. The number of rotatable bonds is 4. The summed E-state index contributed by atoms with van der Waals surface area (Å²) in [5, 5.41) is 0. The predicted octanol–water partition coefficient (Wildman–Crippen LogP) is 1.47. The normalized spacial score (nSPS) is 18.1. The lowest BCUT2D eigenvalue weighted by Crippen LogP contribution is -2.45. The Hall–Kier alpha value is -1.98. The van der Waals surface area contributed by atoms with Crippen molar-refractivity contribution in [3.8, 4) is 5.88 Å². The Morgan fingerprint density at radius 1 is 1.60 bits per heavy atom. The molecule has 1 aliphatic rings. The van der Waals surface area contributed by atoms with E-state index < -0.39 is 0 Å². The molecule has 1 aromatic heterocycles. The largest absolute Gasteiger partial charge is 0.476 e. The maximum Gasteiger partial charge on any atom is 0.239 e. The van der Waals surface area contributed by atoms with Crippen LogP contribution in [0.5, 0.6) is 5.88 Å². The SMILES string of the molecule is CCOc1nc(N2CCCC2N(C)C(C)=O)ccc1N. The molecule has 1 aromatic rings. The molecule has 2 rings (SSSR count). The Labute approximate surface area is 119 Å². The molecule has 0 aromatic carbocycles. The van der Waals surface area contributed by atoms with Gasteiger partial charge in [0.25, 0.3) is 0 Å². The molecule has 1 amide bonds. The van der Waals surface area contributed by atoms with Crippen LogP contribution in [-0.4, -0.2) is 42.2 Å². The Kier molecular flexibility index (Phi) is 4.32. The van der Waals surface area contributed by atoms with Crippen LogP contribution in [0.1, 0.15) is 26.7 Å². The van der Waals surface area contributed by atoms with Gasteiger partial charge in [-0.25, -0.2) is 0 Å². The molecule has 1 saturated heterocycles. The average Bonchev–Trinajstić information content (AvgIpc) is 2.89. The van der Waals surface area contributed by atoms with Gasteiger partial charge in [-0.3, -0.25) is 4.79 Å². The van der Waals surface area contributed by atoms with Crippen molar-refractivity contribution in [3.05, 3.63) is 12.1 Å². The second-order valence-corrected chi connectivity index (χ2v) is 4.94. The maximum atomic E-state index is 11.6. The van der Waals surface area contributed by atoms with Crippen LogP contribution in [0.15, 0.2) is 12.1 Å². The molecular weight excluding hydrogens is 256 g/mol. The Balaban J connectivity index is 2.25. The van der Waals surface area contributed by atoms with Crippen molar-refractivity contribution in [3.63, 3.8) is 0 Å². The number of carbonyl (C=O) groups excluding carboxylic acids is 1. The number of pyridine rings is 1. The average molecular weight is 278 g/mol. The minimum Gasteiger partial charge on any atom is -0.476 e. The fourth-order valence-electron chi connectivity index (χ4n) is 2.48. The summed E-state index contributed by atoms with van der Waals surface area (Å²) in [4.78, 5) is 19.9. The van der Waals surface area contributed by atoms with Crippen LogP contribution >= 0.6 is 0 Å². The predicted molar refractivity (Wildman–Crippen MR) is 78.6 cm³/mol. The number of amides is 1. The summed E-state index contributed by atoms with van der Waals surface area (Å²) in [6, 6.07) is 3.68. The zero-order valence-corrected chi connectivity index (χ0v) is 12.3. The number of nitrogens with zero attached hydrogens (tertiary/aromatic N) is 3. The zero-order valence-electron chi connectivity index (χ0n) is 12.3.